The first-order valence-corrected chi connectivity index (χ1v) is 6.15. The number of nitrogens with one attached hydrogen (secondary N) is 2. The second-order valence-corrected chi connectivity index (χ2v) is 4.73. The largest absolute Gasteiger partial charge is 0.346 e. The van der Waals surface area contributed by atoms with Gasteiger partial charge in [0.15, 0.2) is 0 Å². The smallest absolute Gasteiger partial charge is 0.243 e. The van der Waals surface area contributed by atoms with Crippen molar-refractivity contribution in [3.63, 3.8) is 0 Å². The van der Waals surface area contributed by atoms with Crippen LogP contribution in [0.3, 0.4) is 0 Å². The van der Waals surface area contributed by atoms with Gasteiger partial charge in [0.1, 0.15) is 0 Å². The highest BCUT2D eigenvalue weighted by Crippen LogP contribution is 2.10. The Morgan fingerprint density at radius 3 is 2.48 bits per heavy atom. The quantitative estimate of drug-likeness (QED) is 0.754. The van der Waals surface area contributed by atoms with E-state index < -0.39 is 6.04 Å². The Morgan fingerprint density at radius 2 is 1.95 bits per heavy atom. The van der Waals surface area contributed by atoms with Crippen LogP contribution in [0.15, 0.2) is 18.5 Å². The van der Waals surface area contributed by atoms with Gasteiger partial charge in [0, 0.05) is 18.1 Å². The molecule has 4 N–H and O–H groups in total. The van der Waals surface area contributed by atoms with Crippen molar-refractivity contribution < 1.29 is 9.59 Å². The van der Waals surface area contributed by atoms with Crippen molar-refractivity contribution in [2.24, 2.45) is 11.7 Å². The molecule has 0 saturated carbocycles. The van der Waals surface area contributed by atoms with E-state index in [0.29, 0.717) is 5.69 Å². The summed E-state index contributed by atoms with van der Waals surface area (Å²) in [7, 11) is 0. The maximum absolute atomic E-state index is 11.7. The number of pyridine rings is 1. The van der Waals surface area contributed by atoms with Gasteiger partial charge < -0.3 is 16.4 Å². The fraction of sp³-hybridized carbons (Fsp3) is 0.462. The molecule has 0 radical (unpaired) electrons. The van der Waals surface area contributed by atoms with Crippen LogP contribution in [0.1, 0.15) is 19.4 Å². The third-order valence-corrected chi connectivity index (χ3v) is 2.74. The van der Waals surface area contributed by atoms with Gasteiger partial charge >= 0.3 is 0 Å². The standard InChI is InChI=1S/C13H20N4O2.2ClH/c1-8(2)12(14)13(19)16-7-11(18)17-10-4-5-15-6-9(10)3;;/h4-6,8,12H,7,14H2,1-3H3,(H,16,19)(H,15,17,18);2*1H/t12-;;/m0../s1. The Bertz CT molecular complexity index is 469. The van der Waals surface area contributed by atoms with Crippen molar-refractivity contribution in [1.29, 1.82) is 0 Å². The number of nitrogens with two attached hydrogens (primary N) is 1. The summed E-state index contributed by atoms with van der Waals surface area (Å²) >= 11 is 0. The molecule has 0 fully saturated rings. The highest BCUT2D eigenvalue weighted by molar-refractivity contribution is 5.95. The summed E-state index contributed by atoms with van der Waals surface area (Å²) < 4.78 is 0. The lowest BCUT2D eigenvalue weighted by molar-refractivity contribution is -0.125. The predicted molar refractivity (Wildman–Crippen MR) is 87.9 cm³/mol. The minimum atomic E-state index is -0.601. The molecule has 0 aliphatic carbocycles. The summed E-state index contributed by atoms with van der Waals surface area (Å²) in [5.41, 5.74) is 7.22. The number of nitrogens with zero attached hydrogens (tertiary/aromatic N) is 1. The molecule has 8 heteroatoms. The Balaban J connectivity index is 0. The number of anilines is 1. The molecule has 120 valence electrons. The van der Waals surface area contributed by atoms with E-state index in [1.807, 2.05) is 20.8 Å². The van der Waals surface area contributed by atoms with E-state index in [2.05, 4.69) is 15.6 Å². The molecule has 21 heavy (non-hydrogen) atoms. The van der Waals surface area contributed by atoms with Crippen molar-refractivity contribution in [2.45, 2.75) is 26.8 Å². The van der Waals surface area contributed by atoms with Crippen molar-refractivity contribution >= 4 is 42.3 Å². The number of halogens is 2. The van der Waals surface area contributed by atoms with E-state index in [0.717, 1.165) is 5.56 Å². The average Bonchev–Trinajstić information content (AvgIpc) is 2.37. The molecule has 0 aliphatic heterocycles. The van der Waals surface area contributed by atoms with Crippen LogP contribution in [-0.4, -0.2) is 29.4 Å². The van der Waals surface area contributed by atoms with E-state index in [1.54, 1.807) is 18.5 Å². The lowest BCUT2D eigenvalue weighted by Crippen LogP contribution is -2.46. The third-order valence-electron chi connectivity index (χ3n) is 2.74. The zero-order chi connectivity index (χ0) is 14.4. The Kier molecular flexibility index (Phi) is 10.8. The van der Waals surface area contributed by atoms with Gasteiger partial charge in [-0.15, -0.1) is 24.8 Å². The molecule has 0 unspecified atom stereocenters. The van der Waals surface area contributed by atoms with Crippen LogP contribution in [0.4, 0.5) is 5.69 Å². The minimum Gasteiger partial charge on any atom is -0.346 e. The second kappa shape index (κ2) is 10.4. The topological polar surface area (TPSA) is 97.1 Å². The van der Waals surface area contributed by atoms with Gasteiger partial charge in [-0.1, -0.05) is 13.8 Å². The number of hydrogen-bond donors (Lipinski definition) is 3. The number of carbonyl (C=O) groups excluding carboxylic acids is 2. The molecule has 2 amide bonds. The number of aryl methyl sites for hydroxylation is 1. The number of amides is 2. The molecule has 1 heterocycles. The summed E-state index contributed by atoms with van der Waals surface area (Å²) in [5, 5.41) is 5.21. The lowest BCUT2D eigenvalue weighted by atomic mass is 10.1. The summed E-state index contributed by atoms with van der Waals surface area (Å²) in [4.78, 5) is 27.2. The van der Waals surface area contributed by atoms with E-state index in [-0.39, 0.29) is 49.1 Å². The zero-order valence-electron chi connectivity index (χ0n) is 12.3. The average molecular weight is 337 g/mol. The molecule has 0 aliphatic rings. The number of carbonyl (C=O) groups is 2. The second-order valence-electron chi connectivity index (χ2n) is 4.73. The normalized spacial score (nSPS) is 10.9. The molecule has 0 bridgehead atoms. The molecule has 1 atom stereocenters. The number of rotatable bonds is 5. The van der Waals surface area contributed by atoms with Crippen LogP contribution in [0.5, 0.6) is 0 Å². The highest BCUT2D eigenvalue weighted by Gasteiger charge is 2.17. The SMILES string of the molecule is Cc1cnccc1NC(=O)CNC(=O)[C@@H](N)C(C)C.Cl.Cl. The van der Waals surface area contributed by atoms with Crippen LogP contribution < -0.4 is 16.4 Å². The molecule has 1 aromatic rings. The minimum absolute atomic E-state index is 0. The van der Waals surface area contributed by atoms with Crippen LogP contribution in [0, 0.1) is 12.8 Å². The van der Waals surface area contributed by atoms with Crippen LogP contribution in [0.2, 0.25) is 0 Å². The number of hydrogen-bond acceptors (Lipinski definition) is 4. The van der Waals surface area contributed by atoms with Crippen molar-refractivity contribution in [2.75, 3.05) is 11.9 Å². The Morgan fingerprint density at radius 1 is 1.33 bits per heavy atom. The van der Waals surface area contributed by atoms with E-state index in [9.17, 15) is 9.59 Å². The van der Waals surface area contributed by atoms with Gasteiger partial charge in [-0.2, -0.15) is 0 Å². The molecule has 1 rings (SSSR count). The van der Waals surface area contributed by atoms with Crippen molar-refractivity contribution in [3.05, 3.63) is 24.0 Å². The van der Waals surface area contributed by atoms with Crippen molar-refractivity contribution in [3.8, 4) is 0 Å². The molecular weight excluding hydrogens is 315 g/mol. The lowest BCUT2D eigenvalue weighted by Gasteiger charge is -2.15. The fourth-order valence-electron chi connectivity index (χ4n) is 1.40. The maximum atomic E-state index is 11.7. The van der Waals surface area contributed by atoms with Crippen LogP contribution >= 0.6 is 24.8 Å². The summed E-state index contributed by atoms with van der Waals surface area (Å²) in [6.07, 6.45) is 3.25. The van der Waals surface area contributed by atoms with E-state index in [1.165, 1.54) is 0 Å². The van der Waals surface area contributed by atoms with Crippen molar-refractivity contribution in [1.82, 2.24) is 10.3 Å². The zero-order valence-corrected chi connectivity index (χ0v) is 13.9. The molecule has 0 saturated heterocycles. The molecule has 1 aromatic heterocycles. The first-order valence-electron chi connectivity index (χ1n) is 6.15. The van der Waals surface area contributed by atoms with Gasteiger partial charge in [0.25, 0.3) is 0 Å². The first-order chi connectivity index (χ1) is 8.91. The predicted octanol–water partition coefficient (Wildman–Crippen LogP) is 1.27. The maximum Gasteiger partial charge on any atom is 0.243 e. The highest BCUT2D eigenvalue weighted by atomic mass is 35.5. The van der Waals surface area contributed by atoms with Gasteiger partial charge in [-0.3, -0.25) is 14.6 Å². The first kappa shape index (κ1) is 21.9. The van der Waals surface area contributed by atoms with E-state index in [4.69, 9.17) is 5.73 Å². The van der Waals surface area contributed by atoms with Gasteiger partial charge in [0.2, 0.25) is 11.8 Å². The molecule has 6 nitrogen and oxygen atoms in total. The van der Waals surface area contributed by atoms with E-state index >= 15 is 0 Å². The molecular formula is C13H22Cl2N4O2. The number of aromatic nitrogens is 1. The fourth-order valence-corrected chi connectivity index (χ4v) is 1.40. The van der Waals surface area contributed by atoms with Gasteiger partial charge in [-0.05, 0) is 24.5 Å². The Labute approximate surface area is 137 Å². The monoisotopic (exact) mass is 336 g/mol. The third kappa shape index (κ3) is 7.27. The summed E-state index contributed by atoms with van der Waals surface area (Å²) in [5.74, 6) is -0.583. The molecule has 0 aromatic carbocycles. The summed E-state index contributed by atoms with van der Waals surface area (Å²) in [6.45, 7) is 5.45. The van der Waals surface area contributed by atoms with Gasteiger partial charge in [-0.25, -0.2) is 0 Å². The van der Waals surface area contributed by atoms with Crippen LogP contribution in [0.25, 0.3) is 0 Å². The van der Waals surface area contributed by atoms with Gasteiger partial charge in [0.05, 0.1) is 12.6 Å². The molecule has 0 spiro atoms. The van der Waals surface area contributed by atoms with Crippen LogP contribution in [-0.2, 0) is 9.59 Å². The summed E-state index contributed by atoms with van der Waals surface area (Å²) in [6, 6.07) is 1.10. The Hall–Kier alpha value is -1.37.